The highest BCUT2D eigenvalue weighted by Crippen LogP contribution is 2.22. The van der Waals surface area contributed by atoms with Crippen molar-refractivity contribution in [2.75, 3.05) is 24.3 Å². The number of ether oxygens (including phenoxy) is 1. The van der Waals surface area contributed by atoms with Gasteiger partial charge in [0.05, 0.1) is 24.2 Å². The molecule has 0 heterocycles. The van der Waals surface area contributed by atoms with E-state index in [4.69, 9.17) is 11.6 Å². The SMILES string of the molecule is COC(=O)c1cc(NCC(=O)Nc2ccc(Br)cc2C)ccc1Cl. The van der Waals surface area contributed by atoms with Crippen LogP contribution in [-0.4, -0.2) is 25.5 Å². The molecule has 5 nitrogen and oxygen atoms in total. The number of halogens is 2. The van der Waals surface area contributed by atoms with Crippen LogP contribution < -0.4 is 10.6 Å². The molecule has 0 fully saturated rings. The standard InChI is InChI=1S/C17H16BrClN2O3/c1-10-7-11(18)3-6-15(10)21-16(22)9-20-12-4-5-14(19)13(8-12)17(23)24-2/h3-8,20H,9H2,1-2H3,(H,21,22). The van der Waals surface area contributed by atoms with E-state index in [0.717, 1.165) is 15.7 Å². The summed E-state index contributed by atoms with van der Waals surface area (Å²) in [6.45, 7) is 1.97. The third kappa shape index (κ3) is 4.72. The molecule has 0 unspecified atom stereocenters. The van der Waals surface area contributed by atoms with Gasteiger partial charge in [-0.25, -0.2) is 4.79 Å². The monoisotopic (exact) mass is 410 g/mol. The van der Waals surface area contributed by atoms with Crippen LogP contribution in [0.5, 0.6) is 0 Å². The fourth-order valence-electron chi connectivity index (χ4n) is 2.05. The van der Waals surface area contributed by atoms with Gasteiger partial charge in [-0.05, 0) is 48.9 Å². The van der Waals surface area contributed by atoms with Gasteiger partial charge in [-0.1, -0.05) is 27.5 Å². The van der Waals surface area contributed by atoms with Crippen LogP contribution in [0.2, 0.25) is 5.02 Å². The van der Waals surface area contributed by atoms with Gasteiger partial charge in [0.25, 0.3) is 0 Å². The predicted molar refractivity (Wildman–Crippen MR) is 98.8 cm³/mol. The van der Waals surface area contributed by atoms with Crippen molar-refractivity contribution in [1.82, 2.24) is 0 Å². The maximum atomic E-state index is 12.1. The third-order valence-electron chi connectivity index (χ3n) is 3.29. The first-order valence-corrected chi connectivity index (χ1v) is 8.25. The maximum Gasteiger partial charge on any atom is 0.339 e. The van der Waals surface area contributed by atoms with Gasteiger partial charge >= 0.3 is 5.97 Å². The Morgan fingerprint density at radius 3 is 2.62 bits per heavy atom. The fourth-order valence-corrected chi connectivity index (χ4v) is 2.72. The lowest BCUT2D eigenvalue weighted by molar-refractivity contribution is -0.114. The number of esters is 1. The highest BCUT2D eigenvalue weighted by molar-refractivity contribution is 9.10. The maximum absolute atomic E-state index is 12.1. The quantitative estimate of drug-likeness (QED) is 0.722. The summed E-state index contributed by atoms with van der Waals surface area (Å²) in [5.41, 5.74) is 2.55. The second kappa shape index (κ2) is 8.17. The summed E-state index contributed by atoms with van der Waals surface area (Å²) in [6, 6.07) is 10.4. The number of hydrogen-bond acceptors (Lipinski definition) is 4. The molecule has 2 N–H and O–H groups in total. The van der Waals surface area contributed by atoms with Crippen molar-refractivity contribution in [1.29, 1.82) is 0 Å². The lowest BCUT2D eigenvalue weighted by Gasteiger charge is -2.11. The van der Waals surface area contributed by atoms with E-state index in [2.05, 4.69) is 31.3 Å². The molecule has 0 radical (unpaired) electrons. The Morgan fingerprint density at radius 2 is 1.96 bits per heavy atom. The number of benzene rings is 2. The Bertz CT molecular complexity index is 780. The molecule has 1 amide bonds. The largest absolute Gasteiger partial charge is 0.465 e. The van der Waals surface area contributed by atoms with Crippen molar-refractivity contribution >= 4 is 50.8 Å². The molecule has 0 aliphatic carbocycles. The van der Waals surface area contributed by atoms with Crippen molar-refractivity contribution in [3.8, 4) is 0 Å². The number of methoxy groups -OCH3 is 1. The summed E-state index contributed by atoms with van der Waals surface area (Å²) >= 11 is 9.34. The summed E-state index contributed by atoms with van der Waals surface area (Å²) in [6.07, 6.45) is 0. The fraction of sp³-hybridized carbons (Fsp3) is 0.176. The smallest absolute Gasteiger partial charge is 0.339 e. The number of aryl methyl sites for hydroxylation is 1. The zero-order chi connectivity index (χ0) is 17.7. The Balaban J connectivity index is 2.00. The Hall–Kier alpha value is -2.05. The van der Waals surface area contributed by atoms with E-state index in [0.29, 0.717) is 10.7 Å². The van der Waals surface area contributed by atoms with Crippen LogP contribution in [0.3, 0.4) is 0 Å². The highest BCUT2D eigenvalue weighted by atomic mass is 79.9. The van der Waals surface area contributed by atoms with Gasteiger partial charge in [-0.2, -0.15) is 0 Å². The normalized spacial score (nSPS) is 10.2. The number of anilines is 2. The Kier molecular flexibility index (Phi) is 6.23. The molecule has 0 saturated heterocycles. The molecule has 2 aromatic rings. The lowest BCUT2D eigenvalue weighted by atomic mass is 10.2. The number of carbonyl (C=O) groups excluding carboxylic acids is 2. The van der Waals surface area contributed by atoms with E-state index < -0.39 is 5.97 Å². The topological polar surface area (TPSA) is 67.4 Å². The summed E-state index contributed by atoms with van der Waals surface area (Å²) in [4.78, 5) is 23.7. The first-order chi connectivity index (χ1) is 11.4. The highest BCUT2D eigenvalue weighted by Gasteiger charge is 2.12. The molecule has 0 spiro atoms. The summed E-state index contributed by atoms with van der Waals surface area (Å²) < 4.78 is 5.62. The minimum atomic E-state index is -0.529. The second-order valence-corrected chi connectivity index (χ2v) is 6.37. The number of rotatable bonds is 5. The second-order valence-electron chi connectivity index (χ2n) is 5.05. The molecule has 2 aromatic carbocycles. The number of nitrogens with one attached hydrogen (secondary N) is 2. The molecule has 126 valence electrons. The molecule has 0 saturated carbocycles. The molecular formula is C17H16BrClN2O3. The molecular weight excluding hydrogens is 396 g/mol. The molecule has 2 rings (SSSR count). The van der Waals surface area contributed by atoms with Crippen LogP contribution in [0.1, 0.15) is 15.9 Å². The van der Waals surface area contributed by atoms with E-state index in [-0.39, 0.29) is 18.0 Å². The molecule has 24 heavy (non-hydrogen) atoms. The van der Waals surface area contributed by atoms with Crippen LogP contribution >= 0.6 is 27.5 Å². The van der Waals surface area contributed by atoms with Crippen molar-refractivity contribution in [3.63, 3.8) is 0 Å². The van der Waals surface area contributed by atoms with E-state index in [9.17, 15) is 9.59 Å². The van der Waals surface area contributed by atoms with Gasteiger partial charge in [-0.15, -0.1) is 0 Å². The van der Waals surface area contributed by atoms with Gasteiger partial charge in [0.2, 0.25) is 5.91 Å². The zero-order valence-corrected chi connectivity index (χ0v) is 15.5. The Morgan fingerprint density at radius 1 is 1.21 bits per heavy atom. The molecule has 7 heteroatoms. The first-order valence-electron chi connectivity index (χ1n) is 7.08. The van der Waals surface area contributed by atoms with Crippen LogP contribution in [0.15, 0.2) is 40.9 Å². The summed E-state index contributed by atoms with van der Waals surface area (Å²) in [5, 5.41) is 6.08. The van der Waals surface area contributed by atoms with Gasteiger partial charge in [-0.3, -0.25) is 4.79 Å². The van der Waals surface area contributed by atoms with Gasteiger partial charge < -0.3 is 15.4 Å². The molecule has 0 aliphatic heterocycles. The van der Waals surface area contributed by atoms with E-state index >= 15 is 0 Å². The van der Waals surface area contributed by atoms with E-state index in [1.807, 2.05) is 25.1 Å². The van der Waals surface area contributed by atoms with Crippen LogP contribution in [0.4, 0.5) is 11.4 Å². The van der Waals surface area contributed by atoms with E-state index in [1.165, 1.54) is 7.11 Å². The van der Waals surface area contributed by atoms with Gasteiger partial charge in [0, 0.05) is 15.8 Å². The summed E-state index contributed by atoms with van der Waals surface area (Å²) in [7, 11) is 1.28. The Labute approximate surface area is 153 Å². The zero-order valence-electron chi connectivity index (χ0n) is 13.2. The minimum Gasteiger partial charge on any atom is -0.465 e. The molecule has 0 bridgehead atoms. The lowest BCUT2D eigenvalue weighted by Crippen LogP contribution is -2.22. The predicted octanol–water partition coefficient (Wildman–Crippen LogP) is 4.25. The number of amides is 1. The first kappa shape index (κ1) is 18.3. The van der Waals surface area contributed by atoms with Gasteiger partial charge in [0.1, 0.15) is 0 Å². The van der Waals surface area contributed by atoms with Crippen molar-refractivity contribution in [2.45, 2.75) is 6.92 Å². The van der Waals surface area contributed by atoms with Gasteiger partial charge in [0.15, 0.2) is 0 Å². The van der Waals surface area contributed by atoms with Crippen molar-refractivity contribution in [3.05, 3.63) is 57.0 Å². The van der Waals surface area contributed by atoms with Crippen molar-refractivity contribution < 1.29 is 14.3 Å². The summed E-state index contributed by atoms with van der Waals surface area (Å²) in [5.74, 6) is -0.728. The molecule has 0 aromatic heterocycles. The number of hydrogen-bond donors (Lipinski definition) is 2. The van der Waals surface area contributed by atoms with Crippen molar-refractivity contribution in [2.24, 2.45) is 0 Å². The number of carbonyl (C=O) groups is 2. The molecule has 0 aliphatic rings. The average molecular weight is 412 g/mol. The minimum absolute atomic E-state index is 0.0533. The average Bonchev–Trinajstić information content (AvgIpc) is 2.56. The van der Waals surface area contributed by atoms with Crippen LogP contribution in [0.25, 0.3) is 0 Å². The van der Waals surface area contributed by atoms with Crippen LogP contribution in [-0.2, 0) is 9.53 Å². The molecule has 0 atom stereocenters. The third-order valence-corrected chi connectivity index (χ3v) is 4.11. The van der Waals surface area contributed by atoms with E-state index in [1.54, 1.807) is 18.2 Å². The van der Waals surface area contributed by atoms with Crippen LogP contribution in [0, 0.1) is 6.92 Å².